The minimum absolute atomic E-state index is 0.0562. The molecule has 1 atom stereocenters. The van der Waals surface area contributed by atoms with Gasteiger partial charge >= 0.3 is 0 Å². The smallest absolute Gasteiger partial charge is 0.223 e. The highest BCUT2D eigenvalue weighted by molar-refractivity contribution is 7.98. The number of likely N-dealkylation sites (tertiary alicyclic amines) is 1. The third-order valence-corrected chi connectivity index (χ3v) is 2.59. The van der Waals surface area contributed by atoms with Crippen LogP contribution >= 0.6 is 11.8 Å². The molecule has 0 aromatic carbocycles. The van der Waals surface area contributed by atoms with Gasteiger partial charge in [0.1, 0.15) is 6.29 Å². The Morgan fingerprint density at radius 3 is 3.00 bits per heavy atom. The molecule has 1 aliphatic rings. The summed E-state index contributed by atoms with van der Waals surface area (Å²) >= 11 is 1.72. The minimum atomic E-state index is -0.0562. The van der Waals surface area contributed by atoms with E-state index in [4.69, 9.17) is 0 Å². The summed E-state index contributed by atoms with van der Waals surface area (Å²) in [6, 6.07) is 0. The van der Waals surface area contributed by atoms with Gasteiger partial charge in [-0.3, -0.25) is 4.79 Å². The Kier molecular flexibility index (Phi) is 3.59. The van der Waals surface area contributed by atoms with Crippen molar-refractivity contribution in [2.45, 2.75) is 6.42 Å². The number of carbonyl (C=O) groups excluding carboxylic acids is 2. The highest BCUT2D eigenvalue weighted by Gasteiger charge is 2.28. The van der Waals surface area contributed by atoms with Gasteiger partial charge in [0, 0.05) is 31.2 Å². The summed E-state index contributed by atoms with van der Waals surface area (Å²) in [5, 5.41) is 0. The van der Waals surface area contributed by atoms with Crippen LogP contribution in [0.3, 0.4) is 0 Å². The summed E-state index contributed by atoms with van der Waals surface area (Å²) < 4.78 is 0. The molecule has 0 aromatic heterocycles. The van der Waals surface area contributed by atoms with Gasteiger partial charge in [-0.25, -0.2) is 0 Å². The van der Waals surface area contributed by atoms with Crippen LogP contribution < -0.4 is 0 Å². The molecule has 1 aliphatic heterocycles. The van der Waals surface area contributed by atoms with Gasteiger partial charge in [0.05, 0.1) is 0 Å². The summed E-state index contributed by atoms with van der Waals surface area (Å²) in [6.07, 6.45) is 3.31. The SMILES string of the molecule is CSCCN1CC(C=O)CC1=O. The van der Waals surface area contributed by atoms with Crippen molar-refractivity contribution in [3.8, 4) is 0 Å². The second-order valence-corrected chi connectivity index (χ2v) is 3.92. The van der Waals surface area contributed by atoms with E-state index in [9.17, 15) is 9.59 Å². The topological polar surface area (TPSA) is 37.4 Å². The molecule has 1 saturated heterocycles. The number of aldehydes is 1. The summed E-state index contributed by atoms with van der Waals surface area (Å²) in [5.41, 5.74) is 0. The minimum Gasteiger partial charge on any atom is -0.341 e. The van der Waals surface area contributed by atoms with E-state index in [0.717, 1.165) is 18.6 Å². The first kappa shape index (κ1) is 9.58. The maximum Gasteiger partial charge on any atom is 0.223 e. The number of carbonyl (C=O) groups is 2. The van der Waals surface area contributed by atoms with Gasteiger partial charge in [0.2, 0.25) is 5.91 Å². The van der Waals surface area contributed by atoms with Gasteiger partial charge in [-0.15, -0.1) is 0 Å². The number of nitrogens with zero attached hydrogens (tertiary/aromatic N) is 1. The van der Waals surface area contributed by atoms with Gasteiger partial charge < -0.3 is 9.69 Å². The number of rotatable bonds is 4. The molecule has 0 aliphatic carbocycles. The first-order chi connectivity index (χ1) is 5.77. The predicted molar refractivity (Wildman–Crippen MR) is 49.1 cm³/mol. The summed E-state index contributed by atoms with van der Waals surface area (Å²) in [6.45, 7) is 1.41. The van der Waals surface area contributed by atoms with Crippen molar-refractivity contribution in [3.05, 3.63) is 0 Å². The van der Waals surface area contributed by atoms with Crippen molar-refractivity contribution in [2.24, 2.45) is 5.92 Å². The van der Waals surface area contributed by atoms with E-state index in [1.54, 1.807) is 16.7 Å². The van der Waals surface area contributed by atoms with Crippen molar-refractivity contribution < 1.29 is 9.59 Å². The van der Waals surface area contributed by atoms with Crippen molar-refractivity contribution in [1.29, 1.82) is 0 Å². The van der Waals surface area contributed by atoms with Crippen LogP contribution in [-0.4, -0.2) is 42.2 Å². The van der Waals surface area contributed by atoms with Crippen LogP contribution in [0.2, 0.25) is 0 Å². The fraction of sp³-hybridized carbons (Fsp3) is 0.750. The molecular weight excluding hydrogens is 174 g/mol. The van der Waals surface area contributed by atoms with Gasteiger partial charge in [0.15, 0.2) is 0 Å². The van der Waals surface area contributed by atoms with Gasteiger partial charge in [-0.05, 0) is 6.26 Å². The largest absolute Gasteiger partial charge is 0.341 e. The number of thioether (sulfide) groups is 1. The first-order valence-electron chi connectivity index (χ1n) is 4.00. The summed E-state index contributed by atoms with van der Waals surface area (Å²) in [4.78, 5) is 23.4. The van der Waals surface area contributed by atoms with Crippen LogP contribution in [0.5, 0.6) is 0 Å². The second-order valence-electron chi connectivity index (χ2n) is 2.93. The molecule has 0 N–H and O–H groups in total. The number of amides is 1. The molecule has 68 valence electrons. The zero-order chi connectivity index (χ0) is 8.97. The molecule has 1 unspecified atom stereocenters. The molecule has 0 radical (unpaired) electrons. The molecule has 0 spiro atoms. The van der Waals surface area contributed by atoms with Crippen molar-refractivity contribution in [1.82, 2.24) is 4.90 Å². The third kappa shape index (κ3) is 2.24. The Hall–Kier alpha value is -0.510. The van der Waals surface area contributed by atoms with Gasteiger partial charge in [-0.1, -0.05) is 0 Å². The lowest BCUT2D eigenvalue weighted by Crippen LogP contribution is -2.27. The fourth-order valence-electron chi connectivity index (χ4n) is 1.31. The molecule has 3 nitrogen and oxygen atoms in total. The van der Waals surface area contributed by atoms with Gasteiger partial charge in [0.25, 0.3) is 0 Å². The van der Waals surface area contributed by atoms with E-state index in [-0.39, 0.29) is 11.8 Å². The van der Waals surface area contributed by atoms with E-state index >= 15 is 0 Å². The van der Waals surface area contributed by atoms with E-state index < -0.39 is 0 Å². The number of hydrogen-bond donors (Lipinski definition) is 0. The van der Waals surface area contributed by atoms with E-state index in [0.29, 0.717) is 13.0 Å². The molecule has 1 rings (SSSR count). The monoisotopic (exact) mass is 187 g/mol. The van der Waals surface area contributed by atoms with Gasteiger partial charge in [-0.2, -0.15) is 11.8 Å². The lowest BCUT2D eigenvalue weighted by Gasteiger charge is -2.14. The fourth-order valence-corrected chi connectivity index (χ4v) is 1.71. The van der Waals surface area contributed by atoms with Crippen LogP contribution in [0.1, 0.15) is 6.42 Å². The van der Waals surface area contributed by atoms with Crippen LogP contribution in [0.4, 0.5) is 0 Å². The average molecular weight is 187 g/mol. The number of hydrogen-bond acceptors (Lipinski definition) is 3. The van der Waals surface area contributed by atoms with Crippen LogP contribution in [0, 0.1) is 5.92 Å². The summed E-state index contributed by atoms with van der Waals surface area (Å²) in [7, 11) is 0. The zero-order valence-electron chi connectivity index (χ0n) is 7.16. The Morgan fingerprint density at radius 2 is 2.50 bits per heavy atom. The summed E-state index contributed by atoms with van der Waals surface area (Å²) in [5.74, 6) is 1.03. The van der Waals surface area contributed by atoms with E-state index in [1.807, 2.05) is 6.26 Å². The van der Waals surface area contributed by atoms with Crippen LogP contribution in [0.25, 0.3) is 0 Å². The lowest BCUT2D eigenvalue weighted by atomic mass is 10.1. The maximum absolute atomic E-state index is 11.2. The molecule has 0 saturated carbocycles. The normalized spacial score (nSPS) is 23.2. The van der Waals surface area contributed by atoms with E-state index in [1.165, 1.54) is 0 Å². The Morgan fingerprint density at radius 1 is 1.75 bits per heavy atom. The molecule has 0 bridgehead atoms. The standard InChI is InChI=1S/C8H13NO2S/c1-12-3-2-9-5-7(6-10)4-8(9)11/h6-7H,2-5H2,1H3. The molecule has 0 aromatic rings. The molecule has 12 heavy (non-hydrogen) atoms. The highest BCUT2D eigenvalue weighted by atomic mass is 32.2. The highest BCUT2D eigenvalue weighted by Crippen LogP contribution is 2.15. The van der Waals surface area contributed by atoms with E-state index in [2.05, 4.69) is 0 Å². The maximum atomic E-state index is 11.2. The average Bonchev–Trinajstić information content (AvgIpc) is 2.43. The molecular formula is C8H13NO2S. The van der Waals surface area contributed by atoms with Crippen LogP contribution in [0.15, 0.2) is 0 Å². The lowest BCUT2D eigenvalue weighted by molar-refractivity contribution is -0.127. The first-order valence-corrected chi connectivity index (χ1v) is 5.39. The van der Waals surface area contributed by atoms with Crippen molar-refractivity contribution in [2.75, 3.05) is 25.1 Å². The Bertz CT molecular complexity index is 184. The quantitative estimate of drug-likeness (QED) is 0.598. The Balaban J connectivity index is 2.35. The molecule has 1 fully saturated rings. The van der Waals surface area contributed by atoms with Crippen molar-refractivity contribution in [3.63, 3.8) is 0 Å². The third-order valence-electron chi connectivity index (χ3n) is 2.00. The second kappa shape index (κ2) is 4.50. The molecule has 1 heterocycles. The van der Waals surface area contributed by atoms with Crippen molar-refractivity contribution >= 4 is 24.0 Å². The Labute approximate surface area is 76.5 Å². The molecule has 1 amide bonds. The molecule has 4 heteroatoms. The zero-order valence-corrected chi connectivity index (χ0v) is 7.97. The predicted octanol–water partition coefficient (Wildman–Crippen LogP) is 0.397. The van der Waals surface area contributed by atoms with Crippen LogP contribution in [-0.2, 0) is 9.59 Å².